The van der Waals surface area contributed by atoms with Crippen LogP contribution in [0, 0.1) is 10.1 Å². The molecular formula is C19H25N3O3SSi. The number of nitrogens with zero attached hydrogens (tertiary/aromatic N) is 1. The van der Waals surface area contributed by atoms with Crippen molar-refractivity contribution < 1.29 is 9.35 Å². The van der Waals surface area contributed by atoms with Gasteiger partial charge in [-0.3, -0.25) is 10.1 Å². The van der Waals surface area contributed by atoms with Crippen LogP contribution in [0.2, 0.25) is 13.1 Å². The van der Waals surface area contributed by atoms with Crippen LogP contribution in [0.15, 0.2) is 42.5 Å². The van der Waals surface area contributed by atoms with Gasteiger partial charge in [-0.1, -0.05) is 39.0 Å². The molecule has 0 atom stereocenters. The third-order valence-corrected chi connectivity index (χ3v) is 4.63. The Morgan fingerprint density at radius 2 is 1.74 bits per heavy atom. The van der Waals surface area contributed by atoms with Crippen LogP contribution in [0.4, 0.5) is 17.1 Å². The lowest BCUT2D eigenvalue weighted by Gasteiger charge is -2.27. The van der Waals surface area contributed by atoms with E-state index in [1.165, 1.54) is 6.07 Å². The van der Waals surface area contributed by atoms with Crippen molar-refractivity contribution in [3.8, 4) is 5.75 Å². The summed E-state index contributed by atoms with van der Waals surface area (Å²) in [6.45, 7) is 9.97. The van der Waals surface area contributed by atoms with Gasteiger partial charge >= 0.3 is 5.69 Å². The summed E-state index contributed by atoms with van der Waals surface area (Å²) in [6.07, 6.45) is 0. The number of nitro groups is 1. The van der Waals surface area contributed by atoms with Crippen molar-refractivity contribution in [2.75, 3.05) is 10.6 Å². The average molecular weight is 404 g/mol. The van der Waals surface area contributed by atoms with Gasteiger partial charge in [0, 0.05) is 23.0 Å². The van der Waals surface area contributed by atoms with Crippen LogP contribution in [-0.4, -0.2) is 19.1 Å². The topological polar surface area (TPSA) is 76.4 Å². The minimum absolute atomic E-state index is 0.0198. The van der Waals surface area contributed by atoms with Gasteiger partial charge in [-0.15, -0.1) is 0 Å². The number of nitrogens with one attached hydrogen (secondary N) is 2. The van der Waals surface area contributed by atoms with Crippen LogP contribution in [0.1, 0.15) is 26.3 Å². The highest BCUT2D eigenvalue weighted by atomic mass is 32.1. The van der Waals surface area contributed by atoms with Crippen LogP contribution in [0.25, 0.3) is 0 Å². The lowest BCUT2D eigenvalue weighted by atomic mass is 9.84. The summed E-state index contributed by atoms with van der Waals surface area (Å²) < 4.78 is 6.00. The molecule has 0 bridgehead atoms. The van der Waals surface area contributed by atoms with Crippen molar-refractivity contribution in [1.82, 2.24) is 0 Å². The van der Waals surface area contributed by atoms with Gasteiger partial charge in [0.1, 0.15) is 0 Å². The van der Waals surface area contributed by atoms with Gasteiger partial charge in [0.2, 0.25) is 9.04 Å². The largest absolute Gasteiger partial charge is 0.542 e. The van der Waals surface area contributed by atoms with Crippen LogP contribution in [0.5, 0.6) is 5.75 Å². The molecule has 0 saturated carbocycles. The van der Waals surface area contributed by atoms with Crippen molar-refractivity contribution in [3.63, 3.8) is 0 Å². The second-order valence-corrected chi connectivity index (χ2v) is 10.2. The van der Waals surface area contributed by atoms with Crippen LogP contribution < -0.4 is 15.1 Å². The molecule has 2 rings (SSSR count). The molecular weight excluding hydrogens is 378 g/mol. The lowest BCUT2D eigenvalue weighted by Crippen LogP contribution is -2.25. The SMILES string of the molecule is C[SiH](C)Oc1c([N+](=O)[O-])ccc(NC(=S)Nc2ccccc2)c1C(C)(C)C. The number of nitro benzene ring substituents is 1. The normalized spacial score (nSPS) is 11.2. The molecule has 8 heteroatoms. The Labute approximate surface area is 166 Å². The van der Waals surface area contributed by atoms with Crippen molar-refractivity contribution in [1.29, 1.82) is 0 Å². The molecule has 0 aliphatic rings. The quantitative estimate of drug-likeness (QED) is 0.314. The van der Waals surface area contributed by atoms with E-state index >= 15 is 0 Å². The maximum Gasteiger partial charge on any atom is 0.310 e. The fourth-order valence-electron chi connectivity index (χ4n) is 2.73. The van der Waals surface area contributed by atoms with Gasteiger partial charge in [-0.05, 0) is 48.9 Å². The van der Waals surface area contributed by atoms with Crippen molar-refractivity contribution in [3.05, 3.63) is 58.1 Å². The van der Waals surface area contributed by atoms with Gasteiger partial charge in [-0.25, -0.2) is 0 Å². The number of hydrogen-bond donors (Lipinski definition) is 2. The third-order valence-electron chi connectivity index (χ3n) is 3.72. The van der Waals surface area contributed by atoms with Gasteiger partial charge in [0.05, 0.1) is 4.92 Å². The molecule has 0 saturated heterocycles. The fraction of sp³-hybridized carbons (Fsp3) is 0.316. The van der Waals surface area contributed by atoms with E-state index in [1.54, 1.807) is 6.07 Å². The van der Waals surface area contributed by atoms with Gasteiger partial charge < -0.3 is 15.1 Å². The third kappa shape index (κ3) is 5.51. The second-order valence-electron chi connectivity index (χ2n) is 7.46. The zero-order valence-electron chi connectivity index (χ0n) is 16.2. The van der Waals surface area contributed by atoms with Crippen molar-refractivity contribution in [2.24, 2.45) is 0 Å². The zero-order chi connectivity index (χ0) is 20.2. The number of para-hydroxylation sites is 1. The van der Waals surface area contributed by atoms with Crippen LogP contribution >= 0.6 is 12.2 Å². The number of thiocarbonyl (C=S) groups is 1. The first-order valence-corrected chi connectivity index (χ1v) is 11.9. The fourth-order valence-corrected chi connectivity index (χ4v) is 3.66. The summed E-state index contributed by atoms with van der Waals surface area (Å²) in [5.74, 6) is 0.335. The molecule has 0 radical (unpaired) electrons. The lowest BCUT2D eigenvalue weighted by molar-refractivity contribution is -0.385. The molecule has 2 aromatic rings. The predicted octanol–water partition coefficient (Wildman–Crippen LogP) is 5.06. The van der Waals surface area contributed by atoms with Crippen molar-refractivity contribution >= 4 is 43.4 Å². The average Bonchev–Trinajstić information content (AvgIpc) is 2.53. The molecule has 144 valence electrons. The summed E-state index contributed by atoms with van der Waals surface area (Å²) >= 11 is 5.43. The van der Waals surface area contributed by atoms with E-state index in [9.17, 15) is 10.1 Å². The van der Waals surface area contributed by atoms with Crippen LogP contribution in [-0.2, 0) is 5.41 Å². The van der Waals surface area contributed by atoms with E-state index in [0.717, 1.165) is 11.3 Å². The summed E-state index contributed by atoms with van der Waals surface area (Å²) in [6, 6.07) is 12.7. The van der Waals surface area contributed by atoms with Gasteiger partial charge in [0.25, 0.3) is 0 Å². The molecule has 0 heterocycles. The van der Waals surface area contributed by atoms with E-state index < -0.39 is 14.0 Å². The minimum atomic E-state index is -1.56. The first kappa shape index (κ1) is 20.9. The summed E-state index contributed by atoms with van der Waals surface area (Å²) in [4.78, 5) is 11.1. The number of rotatable bonds is 5. The number of anilines is 2. The summed E-state index contributed by atoms with van der Waals surface area (Å²) in [5, 5.41) is 18.2. The molecule has 0 amide bonds. The first-order chi connectivity index (χ1) is 12.6. The van der Waals surface area contributed by atoms with E-state index in [1.807, 2.05) is 64.2 Å². The second kappa shape index (κ2) is 8.49. The number of hydrogen-bond acceptors (Lipinski definition) is 4. The summed E-state index contributed by atoms with van der Waals surface area (Å²) in [5.41, 5.74) is 1.91. The molecule has 0 aliphatic carbocycles. The molecule has 2 N–H and O–H groups in total. The monoisotopic (exact) mass is 403 g/mol. The Bertz CT molecular complexity index is 836. The Morgan fingerprint density at radius 3 is 2.26 bits per heavy atom. The van der Waals surface area contributed by atoms with Crippen molar-refractivity contribution in [2.45, 2.75) is 39.3 Å². The Morgan fingerprint density at radius 1 is 1.11 bits per heavy atom. The molecule has 0 spiro atoms. The maximum absolute atomic E-state index is 11.5. The van der Waals surface area contributed by atoms with E-state index in [-0.39, 0.29) is 11.1 Å². The zero-order valence-corrected chi connectivity index (χ0v) is 18.2. The smallest absolute Gasteiger partial charge is 0.310 e. The van der Waals surface area contributed by atoms with E-state index in [4.69, 9.17) is 16.6 Å². The predicted molar refractivity (Wildman–Crippen MR) is 118 cm³/mol. The van der Waals surface area contributed by atoms with E-state index in [0.29, 0.717) is 16.5 Å². The highest BCUT2D eigenvalue weighted by Gasteiger charge is 2.30. The highest BCUT2D eigenvalue weighted by molar-refractivity contribution is 7.80. The minimum Gasteiger partial charge on any atom is -0.542 e. The standard InChI is InChI=1S/C19H25N3O3SSi/c1-19(2,3)16-14(21-18(26)20-13-9-7-6-8-10-13)11-12-15(22(23)24)17(16)25-27(4)5/h6-12,27H,1-5H3,(H2,20,21,26). The van der Waals surface area contributed by atoms with Gasteiger partial charge in [-0.2, -0.15) is 0 Å². The Kier molecular flexibility index (Phi) is 6.56. The van der Waals surface area contributed by atoms with E-state index in [2.05, 4.69) is 10.6 Å². The molecule has 0 fully saturated rings. The molecule has 27 heavy (non-hydrogen) atoms. The summed E-state index contributed by atoms with van der Waals surface area (Å²) in [7, 11) is -1.56. The molecule has 2 aromatic carbocycles. The number of benzene rings is 2. The molecule has 6 nitrogen and oxygen atoms in total. The maximum atomic E-state index is 11.5. The highest BCUT2D eigenvalue weighted by Crippen LogP contribution is 2.43. The molecule has 0 aliphatic heterocycles. The molecule has 0 aromatic heterocycles. The Balaban J connectivity index is 2.46. The first-order valence-electron chi connectivity index (χ1n) is 8.71. The Hall–Kier alpha value is -2.45. The molecule has 0 unspecified atom stereocenters. The van der Waals surface area contributed by atoms with Gasteiger partial charge in [0.15, 0.2) is 10.9 Å². The van der Waals surface area contributed by atoms with Crippen LogP contribution in [0.3, 0.4) is 0 Å².